The Hall–Kier alpha value is -2.65. The van der Waals surface area contributed by atoms with E-state index in [4.69, 9.17) is 4.74 Å². The summed E-state index contributed by atoms with van der Waals surface area (Å²) >= 11 is 0. The van der Waals surface area contributed by atoms with Gasteiger partial charge in [-0.05, 0) is 24.3 Å². The van der Waals surface area contributed by atoms with Crippen LogP contribution in [0, 0.1) is 0 Å². The summed E-state index contributed by atoms with van der Waals surface area (Å²) in [7, 11) is 0. The summed E-state index contributed by atoms with van der Waals surface area (Å²) in [5.74, 6) is -0.700. The number of alkyl halides is 3. The molecule has 2 N–H and O–H groups in total. The zero-order valence-electron chi connectivity index (χ0n) is 15.1. The van der Waals surface area contributed by atoms with Crippen LogP contribution >= 0.6 is 0 Å². The topological polar surface area (TPSA) is 66.5 Å². The molecule has 3 rings (SSSR count). The maximum Gasteiger partial charge on any atom is 0.418 e. The lowest BCUT2D eigenvalue weighted by atomic mass is 10.1. The van der Waals surface area contributed by atoms with Crippen LogP contribution in [0.4, 0.5) is 24.5 Å². The minimum atomic E-state index is -4.56. The zero-order valence-corrected chi connectivity index (χ0v) is 15.1. The number of nitrogens with one attached hydrogen (secondary N) is 2. The summed E-state index contributed by atoms with van der Waals surface area (Å²) in [6.07, 6.45) is -3.11. The largest absolute Gasteiger partial charge is 0.418 e. The van der Waals surface area contributed by atoms with E-state index in [9.17, 15) is 18.0 Å². The Labute approximate surface area is 160 Å². The van der Waals surface area contributed by atoms with Crippen LogP contribution in [0.25, 0.3) is 0 Å². The Morgan fingerprint density at radius 2 is 1.93 bits per heavy atom. The zero-order chi connectivity index (χ0) is 20.0. The molecule has 9 heteroatoms. The number of ether oxygens (including phenoxy) is 1. The first-order valence-electron chi connectivity index (χ1n) is 8.91. The standard InChI is InChI=1S/C19H21F3N4O2/c20-19(21,22)15-3-1-2-4-16(15)25-18(27)17-13-14(5-6-24-17)23-7-8-26-9-11-28-12-10-26/h1-6,13H,7-12H2,(H,23,24)(H,25,27). The second-order valence-corrected chi connectivity index (χ2v) is 6.31. The fourth-order valence-electron chi connectivity index (χ4n) is 2.87. The minimum absolute atomic E-state index is 0.0355. The van der Waals surface area contributed by atoms with Gasteiger partial charge in [0, 0.05) is 38.1 Å². The number of amides is 1. The monoisotopic (exact) mass is 394 g/mol. The molecule has 0 unspecified atom stereocenters. The van der Waals surface area contributed by atoms with E-state index >= 15 is 0 Å². The third-order valence-corrected chi connectivity index (χ3v) is 4.33. The first-order valence-corrected chi connectivity index (χ1v) is 8.91. The maximum atomic E-state index is 13.1. The normalized spacial score (nSPS) is 15.2. The van der Waals surface area contributed by atoms with Crippen LogP contribution in [-0.4, -0.2) is 55.2 Å². The number of hydrogen-bond acceptors (Lipinski definition) is 5. The molecule has 0 spiro atoms. The number of carbonyl (C=O) groups is 1. The molecule has 1 aromatic heterocycles. The number of hydrogen-bond donors (Lipinski definition) is 2. The van der Waals surface area contributed by atoms with Crippen molar-refractivity contribution in [3.8, 4) is 0 Å². The van der Waals surface area contributed by atoms with Crippen LogP contribution < -0.4 is 10.6 Å². The van der Waals surface area contributed by atoms with Crippen molar-refractivity contribution in [3.63, 3.8) is 0 Å². The van der Waals surface area contributed by atoms with Crippen molar-refractivity contribution < 1.29 is 22.7 Å². The number of para-hydroxylation sites is 1. The van der Waals surface area contributed by atoms with Gasteiger partial charge < -0.3 is 15.4 Å². The summed E-state index contributed by atoms with van der Waals surface area (Å²) in [4.78, 5) is 18.6. The molecule has 1 aliphatic heterocycles. The number of nitrogens with zero attached hydrogens (tertiary/aromatic N) is 2. The van der Waals surface area contributed by atoms with Crippen molar-refractivity contribution >= 4 is 17.3 Å². The summed E-state index contributed by atoms with van der Waals surface area (Å²) in [6, 6.07) is 8.07. The molecule has 0 radical (unpaired) electrons. The molecule has 2 aromatic rings. The van der Waals surface area contributed by atoms with E-state index in [1.807, 2.05) is 0 Å². The Morgan fingerprint density at radius 1 is 1.18 bits per heavy atom. The Kier molecular flexibility index (Phi) is 6.48. The molecule has 2 heterocycles. The van der Waals surface area contributed by atoms with Crippen LogP contribution in [0.1, 0.15) is 16.1 Å². The number of rotatable bonds is 6. The van der Waals surface area contributed by atoms with E-state index in [1.165, 1.54) is 30.5 Å². The van der Waals surface area contributed by atoms with Crippen LogP contribution in [0.3, 0.4) is 0 Å². The van der Waals surface area contributed by atoms with Crippen LogP contribution in [0.15, 0.2) is 42.6 Å². The van der Waals surface area contributed by atoms with Crippen LogP contribution in [0.2, 0.25) is 0 Å². The van der Waals surface area contributed by atoms with E-state index in [-0.39, 0.29) is 11.4 Å². The van der Waals surface area contributed by atoms with E-state index in [0.717, 1.165) is 38.9 Å². The van der Waals surface area contributed by atoms with Crippen molar-refractivity contribution in [1.82, 2.24) is 9.88 Å². The van der Waals surface area contributed by atoms with Gasteiger partial charge in [-0.25, -0.2) is 0 Å². The molecule has 1 saturated heterocycles. The van der Waals surface area contributed by atoms with Gasteiger partial charge in [-0.15, -0.1) is 0 Å². The lowest BCUT2D eigenvalue weighted by Gasteiger charge is -2.26. The highest BCUT2D eigenvalue weighted by molar-refractivity contribution is 6.03. The number of aromatic nitrogens is 1. The van der Waals surface area contributed by atoms with Gasteiger partial charge in [-0.2, -0.15) is 13.2 Å². The number of halogens is 3. The Bertz CT molecular complexity index is 808. The van der Waals surface area contributed by atoms with Gasteiger partial charge in [-0.3, -0.25) is 14.7 Å². The molecule has 0 atom stereocenters. The molecule has 1 fully saturated rings. The second kappa shape index (κ2) is 9.03. The Morgan fingerprint density at radius 3 is 2.68 bits per heavy atom. The van der Waals surface area contributed by atoms with Gasteiger partial charge in [0.25, 0.3) is 5.91 Å². The predicted octanol–water partition coefficient (Wildman–Crippen LogP) is 3.10. The molecule has 1 amide bonds. The third-order valence-electron chi connectivity index (χ3n) is 4.33. The van der Waals surface area contributed by atoms with Crippen LogP contribution in [-0.2, 0) is 10.9 Å². The molecule has 0 aliphatic carbocycles. The quantitative estimate of drug-likeness (QED) is 0.788. The highest BCUT2D eigenvalue weighted by Gasteiger charge is 2.33. The molecular weight excluding hydrogens is 373 g/mol. The maximum absolute atomic E-state index is 13.1. The van der Waals surface area contributed by atoms with E-state index < -0.39 is 17.6 Å². The second-order valence-electron chi connectivity index (χ2n) is 6.31. The fourth-order valence-corrected chi connectivity index (χ4v) is 2.87. The molecule has 0 saturated carbocycles. The van der Waals surface area contributed by atoms with Crippen LogP contribution in [0.5, 0.6) is 0 Å². The summed E-state index contributed by atoms with van der Waals surface area (Å²) in [6.45, 7) is 4.70. The van der Waals surface area contributed by atoms with E-state index in [2.05, 4.69) is 20.5 Å². The highest BCUT2D eigenvalue weighted by Crippen LogP contribution is 2.34. The lowest BCUT2D eigenvalue weighted by molar-refractivity contribution is -0.136. The number of benzene rings is 1. The predicted molar refractivity (Wildman–Crippen MR) is 99.4 cm³/mol. The Balaban J connectivity index is 1.61. The van der Waals surface area contributed by atoms with Gasteiger partial charge >= 0.3 is 6.18 Å². The average molecular weight is 394 g/mol. The minimum Gasteiger partial charge on any atom is -0.384 e. The average Bonchev–Trinajstić information content (AvgIpc) is 2.69. The smallest absolute Gasteiger partial charge is 0.384 e. The summed E-state index contributed by atoms with van der Waals surface area (Å²) in [5, 5.41) is 5.50. The van der Waals surface area contributed by atoms with E-state index in [1.54, 1.807) is 6.07 Å². The summed E-state index contributed by atoms with van der Waals surface area (Å²) < 4.78 is 44.5. The van der Waals surface area contributed by atoms with E-state index in [0.29, 0.717) is 12.2 Å². The SMILES string of the molecule is O=C(Nc1ccccc1C(F)(F)F)c1cc(NCCN2CCOCC2)ccn1. The lowest BCUT2D eigenvalue weighted by Crippen LogP contribution is -2.39. The molecular formula is C19H21F3N4O2. The van der Waals surface area contributed by atoms with Gasteiger partial charge in [-0.1, -0.05) is 12.1 Å². The first kappa shape index (κ1) is 20.1. The van der Waals surface area contributed by atoms with Crippen molar-refractivity contribution in [3.05, 3.63) is 53.9 Å². The number of carbonyl (C=O) groups excluding carboxylic acids is 1. The highest BCUT2D eigenvalue weighted by atomic mass is 19.4. The van der Waals surface area contributed by atoms with Gasteiger partial charge in [0.2, 0.25) is 0 Å². The van der Waals surface area contributed by atoms with Gasteiger partial charge in [0.05, 0.1) is 24.5 Å². The third kappa shape index (κ3) is 5.43. The molecule has 28 heavy (non-hydrogen) atoms. The van der Waals surface area contributed by atoms with Crippen molar-refractivity contribution in [2.75, 3.05) is 50.0 Å². The number of anilines is 2. The van der Waals surface area contributed by atoms with Gasteiger partial charge in [0.1, 0.15) is 5.69 Å². The first-order chi connectivity index (χ1) is 13.4. The van der Waals surface area contributed by atoms with Crippen molar-refractivity contribution in [2.45, 2.75) is 6.18 Å². The molecule has 1 aliphatic rings. The number of pyridine rings is 1. The molecule has 150 valence electrons. The fraction of sp³-hybridized carbons (Fsp3) is 0.368. The van der Waals surface area contributed by atoms with Gasteiger partial charge in [0.15, 0.2) is 0 Å². The summed E-state index contributed by atoms with van der Waals surface area (Å²) in [5.41, 5.74) is -0.485. The van der Waals surface area contributed by atoms with Crippen molar-refractivity contribution in [1.29, 1.82) is 0 Å². The molecule has 0 bridgehead atoms. The molecule has 6 nitrogen and oxygen atoms in total. The number of morpholine rings is 1. The molecule has 1 aromatic carbocycles. The van der Waals surface area contributed by atoms with Crippen molar-refractivity contribution in [2.24, 2.45) is 0 Å².